The molecule has 0 atom stereocenters. The molecule has 1 aliphatic carbocycles. The van der Waals surface area contributed by atoms with Crippen LogP contribution in [0.1, 0.15) is 34.5 Å². The van der Waals surface area contributed by atoms with E-state index < -0.39 is 0 Å². The summed E-state index contributed by atoms with van der Waals surface area (Å²) in [6.07, 6.45) is 5.71. The van der Waals surface area contributed by atoms with Crippen LogP contribution in [0.2, 0.25) is 0 Å². The molecule has 0 saturated carbocycles. The van der Waals surface area contributed by atoms with Crippen LogP contribution in [0.25, 0.3) is 11.3 Å². The van der Waals surface area contributed by atoms with Crippen molar-refractivity contribution < 1.29 is 4.79 Å². The highest BCUT2D eigenvalue weighted by atomic mass is 16.1. The Labute approximate surface area is 99.9 Å². The van der Waals surface area contributed by atoms with Crippen LogP contribution in [0.4, 0.5) is 0 Å². The molecule has 17 heavy (non-hydrogen) atoms. The van der Waals surface area contributed by atoms with Crippen molar-refractivity contribution in [2.45, 2.75) is 25.7 Å². The first-order chi connectivity index (χ1) is 8.36. The standard InChI is InChI=1S/C14H14N2O/c17-9-13-8-14(16-15-13)12-6-5-10-3-1-2-4-11(10)7-12/h5-9H,1-4H2,(H,15,16). The molecule has 3 nitrogen and oxygen atoms in total. The van der Waals surface area contributed by atoms with E-state index in [9.17, 15) is 4.79 Å². The second kappa shape index (κ2) is 4.17. The van der Waals surface area contributed by atoms with E-state index in [-0.39, 0.29) is 0 Å². The third-order valence-corrected chi connectivity index (χ3v) is 3.37. The molecule has 1 aromatic carbocycles. The quantitative estimate of drug-likeness (QED) is 0.800. The monoisotopic (exact) mass is 226 g/mol. The molecule has 0 spiro atoms. The van der Waals surface area contributed by atoms with Crippen molar-refractivity contribution in [2.75, 3.05) is 0 Å². The van der Waals surface area contributed by atoms with Crippen molar-refractivity contribution in [3.63, 3.8) is 0 Å². The Bertz CT molecular complexity index is 557. The molecule has 1 N–H and O–H groups in total. The molecule has 1 aromatic heterocycles. The highest BCUT2D eigenvalue weighted by Crippen LogP contribution is 2.26. The molecular formula is C14H14N2O. The van der Waals surface area contributed by atoms with Crippen molar-refractivity contribution in [3.05, 3.63) is 41.1 Å². The van der Waals surface area contributed by atoms with Crippen LogP contribution in [0.15, 0.2) is 24.3 Å². The van der Waals surface area contributed by atoms with Crippen molar-refractivity contribution in [2.24, 2.45) is 0 Å². The van der Waals surface area contributed by atoms with Gasteiger partial charge in [-0.1, -0.05) is 12.1 Å². The predicted octanol–water partition coefficient (Wildman–Crippen LogP) is 2.77. The number of hydrogen-bond acceptors (Lipinski definition) is 2. The number of carbonyl (C=O) groups excluding carboxylic acids is 1. The number of nitrogens with zero attached hydrogens (tertiary/aromatic N) is 1. The molecule has 0 radical (unpaired) electrons. The molecule has 0 saturated heterocycles. The van der Waals surface area contributed by atoms with E-state index >= 15 is 0 Å². The van der Waals surface area contributed by atoms with E-state index in [0.717, 1.165) is 24.0 Å². The summed E-state index contributed by atoms with van der Waals surface area (Å²) in [5, 5.41) is 6.87. The van der Waals surface area contributed by atoms with Crippen LogP contribution in [-0.4, -0.2) is 16.5 Å². The van der Waals surface area contributed by atoms with Gasteiger partial charge in [0.15, 0.2) is 6.29 Å². The molecule has 3 rings (SSSR count). The summed E-state index contributed by atoms with van der Waals surface area (Å²) in [5.41, 5.74) is 5.36. The Morgan fingerprint density at radius 2 is 1.94 bits per heavy atom. The van der Waals surface area contributed by atoms with E-state index in [4.69, 9.17) is 0 Å². The third-order valence-electron chi connectivity index (χ3n) is 3.37. The lowest BCUT2D eigenvalue weighted by Crippen LogP contribution is -2.02. The van der Waals surface area contributed by atoms with Gasteiger partial charge in [0, 0.05) is 5.56 Å². The van der Waals surface area contributed by atoms with Gasteiger partial charge in [-0.2, -0.15) is 5.10 Å². The van der Waals surface area contributed by atoms with Crippen LogP contribution >= 0.6 is 0 Å². The van der Waals surface area contributed by atoms with Crippen LogP contribution in [-0.2, 0) is 12.8 Å². The van der Waals surface area contributed by atoms with E-state index in [0.29, 0.717) is 5.69 Å². The van der Waals surface area contributed by atoms with Crippen LogP contribution in [0.5, 0.6) is 0 Å². The zero-order chi connectivity index (χ0) is 11.7. The number of rotatable bonds is 2. The van der Waals surface area contributed by atoms with E-state index in [1.165, 1.54) is 30.4 Å². The summed E-state index contributed by atoms with van der Waals surface area (Å²) < 4.78 is 0. The van der Waals surface area contributed by atoms with Gasteiger partial charge in [-0.05, 0) is 48.9 Å². The fraction of sp³-hybridized carbons (Fsp3) is 0.286. The second-order valence-electron chi connectivity index (χ2n) is 4.52. The SMILES string of the molecule is O=Cc1cc(-c2ccc3c(c2)CCCC3)n[nH]1. The largest absolute Gasteiger partial charge is 0.296 e. The lowest BCUT2D eigenvalue weighted by Gasteiger charge is -2.15. The van der Waals surface area contributed by atoms with Gasteiger partial charge in [0.1, 0.15) is 0 Å². The predicted molar refractivity (Wildman–Crippen MR) is 66.1 cm³/mol. The molecule has 0 aliphatic heterocycles. The third kappa shape index (κ3) is 1.88. The molecule has 86 valence electrons. The maximum Gasteiger partial charge on any atom is 0.167 e. The van der Waals surface area contributed by atoms with Crippen molar-refractivity contribution in [1.82, 2.24) is 10.2 Å². The Morgan fingerprint density at radius 3 is 2.71 bits per heavy atom. The maximum absolute atomic E-state index is 10.6. The van der Waals surface area contributed by atoms with Crippen molar-refractivity contribution >= 4 is 6.29 Å². The minimum atomic E-state index is 0.526. The van der Waals surface area contributed by atoms with Crippen molar-refractivity contribution in [1.29, 1.82) is 0 Å². The molecule has 3 heteroatoms. The molecule has 0 amide bonds. The average Bonchev–Trinajstić information content (AvgIpc) is 2.87. The number of nitrogens with one attached hydrogen (secondary N) is 1. The number of benzene rings is 1. The van der Waals surface area contributed by atoms with Gasteiger partial charge < -0.3 is 0 Å². The Balaban J connectivity index is 2.00. The number of aromatic nitrogens is 2. The number of aldehydes is 1. The van der Waals surface area contributed by atoms with Gasteiger partial charge in [0.2, 0.25) is 0 Å². The summed E-state index contributed by atoms with van der Waals surface area (Å²) in [6, 6.07) is 8.28. The smallest absolute Gasteiger partial charge is 0.167 e. The first-order valence-electron chi connectivity index (χ1n) is 5.99. The number of H-pyrrole nitrogens is 1. The molecule has 2 aromatic rings. The molecule has 1 heterocycles. The molecule has 0 bridgehead atoms. The van der Waals surface area contributed by atoms with Crippen LogP contribution in [0.3, 0.4) is 0 Å². The lowest BCUT2D eigenvalue weighted by molar-refractivity contribution is 0.111. The van der Waals surface area contributed by atoms with Crippen molar-refractivity contribution in [3.8, 4) is 11.3 Å². The molecular weight excluding hydrogens is 212 g/mol. The summed E-state index contributed by atoms with van der Waals surface area (Å²) in [6.45, 7) is 0. The van der Waals surface area contributed by atoms with Crippen LogP contribution in [0, 0.1) is 0 Å². The van der Waals surface area contributed by atoms with Gasteiger partial charge in [0.25, 0.3) is 0 Å². The first-order valence-corrected chi connectivity index (χ1v) is 5.99. The van der Waals surface area contributed by atoms with E-state index in [1.54, 1.807) is 6.07 Å². The first kappa shape index (κ1) is 10.3. The van der Waals surface area contributed by atoms with E-state index in [1.807, 2.05) is 0 Å². The molecule has 0 unspecified atom stereocenters. The normalized spacial score (nSPS) is 14.4. The zero-order valence-corrected chi connectivity index (χ0v) is 9.57. The Hall–Kier alpha value is -1.90. The average molecular weight is 226 g/mol. The minimum Gasteiger partial charge on any atom is -0.296 e. The number of carbonyl (C=O) groups is 1. The zero-order valence-electron chi connectivity index (χ0n) is 9.57. The van der Waals surface area contributed by atoms with Gasteiger partial charge >= 0.3 is 0 Å². The summed E-state index contributed by atoms with van der Waals surface area (Å²) in [4.78, 5) is 10.6. The highest BCUT2D eigenvalue weighted by Gasteiger charge is 2.11. The van der Waals surface area contributed by atoms with Crippen LogP contribution < -0.4 is 0 Å². The Kier molecular flexibility index (Phi) is 2.52. The fourth-order valence-corrected chi connectivity index (χ4v) is 2.44. The van der Waals surface area contributed by atoms with Gasteiger partial charge in [-0.15, -0.1) is 0 Å². The topological polar surface area (TPSA) is 45.8 Å². The number of hydrogen-bond donors (Lipinski definition) is 1. The van der Waals surface area contributed by atoms with Gasteiger partial charge in [-0.25, -0.2) is 0 Å². The summed E-state index contributed by atoms with van der Waals surface area (Å²) >= 11 is 0. The Morgan fingerprint density at radius 1 is 1.12 bits per heavy atom. The number of fused-ring (bicyclic) bond motifs is 1. The number of aryl methyl sites for hydroxylation is 2. The van der Waals surface area contributed by atoms with Gasteiger partial charge in [0.05, 0.1) is 11.4 Å². The van der Waals surface area contributed by atoms with E-state index in [2.05, 4.69) is 28.4 Å². The summed E-state index contributed by atoms with van der Waals surface area (Å²) in [7, 11) is 0. The highest BCUT2D eigenvalue weighted by molar-refractivity contribution is 5.75. The minimum absolute atomic E-state index is 0.526. The fourth-order valence-electron chi connectivity index (χ4n) is 2.44. The second-order valence-corrected chi connectivity index (χ2v) is 4.52. The maximum atomic E-state index is 10.6. The van der Waals surface area contributed by atoms with Gasteiger partial charge in [-0.3, -0.25) is 9.89 Å². The molecule has 1 aliphatic rings. The number of aromatic amines is 1. The summed E-state index contributed by atoms with van der Waals surface area (Å²) in [5.74, 6) is 0. The molecule has 0 fully saturated rings. The lowest BCUT2D eigenvalue weighted by atomic mass is 9.90.